The Labute approximate surface area is 129 Å². The van der Waals surface area contributed by atoms with Gasteiger partial charge in [-0.15, -0.1) is 0 Å². The summed E-state index contributed by atoms with van der Waals surface area (Å²) in [4.78, 5) is 0. The molecular formula is C16H21IO2. The molecule has 2 atom stereocenters. The van der Waals surface area contributed by atoms with Crippen molar-refractivity contribution < 1.29 is 9.47 Å². The molecule has 1 aromatic rings. The maximum absolute atomic E-state index is 5.88. The number of epoxide rings is 1. The average Bonchev–Trinajstić information content (AvgIpc) is 3.20. The lowest BCUT2D eigenvalue weighted by Crippen LogP contribution is -2.07. The molecule has 0 aromatic heterocycles. The third-order valence-electron chi connectivity index (χ3n) is 3.17. The highest BCUT2D eigenvalue weighted by atomic mass is 127. The predicted octanol–water partition coefficient (Wildman–Crippen LogP) is 4.58. The first-order valence-electron chi connectivity index (χ1n) is 6.90. The highest BCUT2D eigenvalue weighted by Gasteiger charge is 2.24. The Morgan fingerprint density at radius 2 is 2.32 bits per heavy atom. The monoisotopic (exact) mass is 372 g/mol. The van der Waals surface area contributed by atoms with Crippen LogP contribution in [-0.4, -0.2) is 19.3 Å². The normalized spacial score (nSPS) is 19.8. The smallest absolute Gasteiger partial charge is 0.104 e. The highest BCUT2D eigenvalue weighted by molar-refractivity contribution is 14.1. The number of hydrogen-bond acceptors (Lipinski definition) is 2. The van der Waals surface area contributed by atoms with Crippen molar-refractivity contribution in [1.82, 2.24) is 0 Å². The van der Waals surface area contributed by atoms with Gasteiger partial charge < -0.3 is 9.47 Å². The van der Waals surface area contributed by atoms with Gasteiger partial charge in [-0.3, -0.25) is 0 Å². The van der Waals surface area contributed by atoms with Crippen molar-refractivity contribution >= 4 is 28.7 Å². The van der Waals surface area contributed by atoms with E-state index in [-0.39, 0.29) is 6.10 Å². The van der Waals surface area contributed by atoms with Crippen LogP contribution in [0.2, 0.25) is 0 Å². The number of unbranched alkanes of at least 4 members (excludes halogenated alkanes) is 1. The molecule has 0 radical (unpaired) electrons. The standard InChI is InChI=1S/C16H21IO2/c1-3-4-5-6-13-9-14(17)7-8-16(13)12(2)18-10-15-11-19-15/h5-9,12,15H,3-4,10-11H2,1-2H3/b6-5+/t12-,15+/m1/s1. The summed E-state index contributed by atoms with van der Waals surface area (Å²) in [6, 6.07) is 6.53. The van der Waals surface area contributed by atoms with Crippen molar-refractivity contribution in [2.75, 3.05) is 13.2 Å². The molecule has 0 amide bonds. The van der Waals surface area contributed by atoms with E-state index in [0.29, 0.717) is 12.7 Å². The molecule has 2 nitrogen and oxygen atoms in total. The molecule has 0 aliphatic carbocycles. The second-order valence-corrected chi connectivity index (χ2v) is 6.14. The van der Waals surface area contributed by atoms with Gasteiger partial charge in [-0.2, -0.15) is 0 Å². The van der Waals surface area contributed by atoms with E-state index in [1.165, 1.54) is 21.1 Å². The van der Waals surface area contributed by atoms with Crippen LogP contribution in [-0.2, 0) is 9.47 Å². The lowest BCUT2D eigenvalue weighted by Gasteiger charge is -2.16. The zero-order chi connectivity index (χ0) is 13.7. The fraction of sp³-hybridized carbons (Fsp3) is 0.500. The maximum atomic E-state index is 5.88. The number of rotatable bonds is 7. The third-order valence-corrected chi connectivity index (χ3v) is 3.85. The van der Waals surface area contributed by atoms with E-state index < -0.39 is 0 Å². The van der Waals surface area contributed by atoms with Gasteiger partial charge in [-0.1, -0.05) is 31.6 Å². The minimum absolute atomic E-state index is 0.113. The summed E-state index contributed by atoms with van der Waals surface area (Å²) >= 11 is 2.35. The van der Waals surface area contributed by atoms with E-state index in [4.69, 9.17) is 9.47 Å². The molecule has 3 heteroatoms. The Hall–Kier alpha value is -0.390. The van der Waals surface area contributed by atoms with Crippen molar-refractivity contribution in [3.8, 4) is 0 Å². The molecule has 0 spiro atoms. The second kappa shape index (κ2) is 7.41. The maximum Gasteiger partial charge on any atom is 0.104 e. The van der Waals surface area contributed by atoms with Gasteiger partial charge in [0.05, 0.1) is 19.3 Å². The molecule has 1 fully saturated rings. The minimum atomic E-state index is 0.113. The predicted molar refractivity (Wildman–Crippen MR) is 87.2 cm³/mol. The van der Waals surface area contributed by atoms with Crippen LogP contribution < -0.4 is 0 Å². The van der Waals surface area contributed by atoms with Gasteiger partial charge in [0, 0.05) is 3.57 Å². The topological polar surface area (TPSA) is 21.8 Å². The summed E-state index contributed by atoms with van der Waals surface area (Å²) in [5.41, 5.74) is 2.53. The number of benzene rings is 1. The second-order valence-electron chi connectivity index (χ2n) is 4.90. The van der Waals surface area contributed by atoms with E-state index in [2.05, 4.69) is 66.8 Å². The van der Waals surface area contributed by atoms with Crippen LogP contribution in [0.15, 0.2) is 24.3 Å². The highest BCUT2D eigenvalue weighted by Crippen LogP contribution is 2.25. The van der Waals surface area contributed by atoms with Gasteiger partial charge in [0.15, 0.2) is 0 Å². The molecular weight excluding hydrogens is 351 g/mol. The lowest BCUT2D eigenvalue weighted by molar-refractivity contribution is 0.0538. The number of allylic oxidation sites excluding steroid dienone is 1. The van der Waals surface area contributed by atoms with E-state index >= 15 is 0 Å². The van der Waals surface area contributed by atoms with Crippen LogP contribution in [0.25, 0.3) is 6.08 Å². The first kappa shape index (κ1) is 15.0. The fourth-order valence-electron chi connectivity index (χ4n) is 1.94. The Balaban J connectivity index is 2.07. The van der Waals surface area contributed by atoms with Crippen LogP contribution in [0.4, 0.5) is 0 Å². The van der Waals surface area contributed by atoms with Crippen LogP contribution >= 0.6 is 22.6 Å². The molecule has 1 aliphatic heterocycles. The van der Waals surface area contributed by atoms with Gasteiger partial charge in [0.1, 0.15) is 6.10 Å². The molecule has 0 saturated carbocycles. The molecule has 2 rings (SSSR count). The molecule has 19 heavy (non-hydrogen) atoms. The summed E-state index contributed by atoms with van der Waals surface area (Å²) in [5, 5.41) is 0. The van der Waals surface area contributed by atoms with Crippen molar-refractivity contribution in [3.63, 3.8) is 0 Å². The van der Waals surface area contributed by atoms with Gasteiger partial charge in [-0.05, 0) is 59.2 Å². The molecule has 1 aliphatic rings. The van der Waals surface area contributed by atoms with Crippen LogP contribution in [0.3, 0.4) is 0 Å². The van der Waals surface area contributed by atoms with E-state index in [9.17, 15) is 0 Å². The summed E-state index contributed by atoms with van der Waals surface area (Å²) < 4.78 is 12.3. The van der Waals surface area contributed by atoms with E-state index in [1.54, 1.807) is 0 Å². The third kappa shape index (κ3) is 4.89. The molecule has 104 valence electrons. The molecule has 0 bridgehead atoms. The molecule has 1 heterocycles. The zero-order valence-electron chi connectivity index (χ0n) is 11.6. The van der Waals surface area contributed by atoms with Gasteiger partial charge in [0.2, 0.25) is 0 Å². The number of halogens is 1. The molecule has 0 unspecified atom stereocenters. The quantitative estimate of drug-likeness (QED) is 0.516. The van der Waals surface area contributed by atoms with Crippen molar-refractivity contribution in [3.05, 3.63) is 39.0 Å². The molecule has 1 aromatic carbocycles. The van der Waals surface area contributed by atoms with Crippen molar-refractivity contribution in [1.29, 1.82) is 0 Å². The Kier molecular flexibility index (Phi) is 5.85. The summed E-state index contributed by atoms with van der Waals surface area (Å²) in [7, 11) is 0. The fourth-order valence-corrected chi connectivity index (χ4v) is 2.46. The van der Waals surface area contributed by atoms with Crippen LogP contribution in [0, 0.1) is 3.57 Å². The largest absolute Gasteiger partial charge is 0.371 e. The van der Waals surface area contributed by atoms with E-state index in [0.717, 1.165) is 13.0 Å². The SMILES string of the molecule is CCC/C=C/c1cc(I)ccc1[C@@H](C)OC[C@H]1CO1. The lowest BCUT2D eigenvalue weighted by atomic mass is 10.0. The van der Waals surface area contributed by atoms with Gasteiger partial charge in [-0.25, -0.2) is 0 Å². The van der Waals surface area contributed by atoms with Gasteiger partial charge in [0.25, 0.3) is 0 Å². The zero-order valence-corrected chi connectivity index (χ0v) is 13.7. The summed E-state index contributed by atoms with van der Waals surface area (Å²) in [6.07, 6.45) is 7.20. The van der Waals surface area contributed by atoms with E-state index in [1.807, 2.05) is 0 Å². The van der Waals surface area contributed by atoms with Crippen LogP contribution in [0.5, 0.6) is 0 Å². The first-order valence-corrected chi connectivity index (χ1v) is 7.97. The Morgan fingerprint density at radius 1 is 1.53 bits per heavy atom. The molecule has 1 saturated heterocycles. The summed E-state index contributed by atoms with van der Waals surface area (Å²) in [6.45, 7) is 5.86. The molecule has 0 N–H and O–H groups in total. The van der Waals surface area contributed by atoms with Gasteiger partial charge >= 0.3 is 0 Å². The van der Waals surface area contributed by atoms with Crippen molar-refractivity contribution in [2.45, 2.75) is 38.9 Å². The van der Waals surface area contributed by atoms with Crippen molar-refractivity contribution in [2.24, 2.45) is 0 Å². The number of hydrogen-bond donors (Lipinski definition) is 0. The summed E-state index contributed by atoms with van der Waals surface area (Å²) in [5.74, 6) is 0. The Morgan fingerprint density at radius 3 is 3.00 bits per heavy atom. The first-order chi connectivity index (χ1) is 9.20. The average molecular weight is 372 g/mol. The Bertz CT molecular complexity index is 438. The number of ether oxygens (including phenoxy) is 2. The minimum Gasteiger partial charge on any atom is -0.371 e. The van der Waals surface area contributed by atoms with Crippen LogP contribution in [0.1, 0.15) is 43.9 Å².